The van der Waals surface area contributed by atoms with E-state index in [1.165, 1.54) is 38.6 Å². The Morgan fingerprint density at radius 2 is 1.84 bits per heavy atom. The first kappa shape index (κ1) is 17.1. The number of piperidine rings is 2. The van der Waals surface area contributed by atoms with E-state index in [0.717, 1.165) is 51.4 Å². The van der Waals surface area contributed by atoms with Crippen LogP contribution in [0.25, 0.3) is 0 Å². The number of rotatable bonds is 4. The standard InChI is InChI=1S/C20H31N3O2/c24-20(22-9-1-2-10-22)17-5-3-11-23(15-17)18-7-12-21(13-8-18)16-19-6-4-14-25-19/h4,6,14,17-18H,1-3,5,7-13,15-16H2/t17-/m1/s1. The molecule has 25 heavy (non-hydrogen) atoms. The third kappa shape index (κ3) is 4.09. The molecule has 1 aromatic rings. The lowest BCUT2D eigenvalue weighted by atomic mass is 9.93. The van der Waals surface area contributed by atoms with Crippen molar-refractivity contribution in [2.45, 2.75) is 51.1 Å². The van der Waals surface area contributed by atoms with Crippen LogP contribution < -0.4 is 0 Å². The summed E-state index contributed by atoms with van der Waals surface area (Å²) in [5.41, 5.74) is 0. The van der Waals surface area contributed by atoms with Crippen molar-refractivity contribution in [3.8, 4) is 0 Å². The fourth-order valence-corrected chi connectivity index (χ4v) is 4.80. The Labute approximate surface area is 150 Å². The summed E-state index contributed by atoms with van der Waals surface area (Å²) in [5.74, 6) is 1.73. The first-order chi connectivity index (χ1) is 12.3. The molecule has 1 aromatic heterocycles. The van der Waals surface area contributed by atoms with Crippen molar-refractivity contribution in [2.24, 2.45) is 5.92 Å². The minimum absolute atomic E-state index is 0.244. The Bertz CT molecular complexity index is 545. The minimum Gasteiger partial charge on any atom is -0.468 e. The lowest BCUT2D eigenvalue weighted by Gasteiger charge is -2.42. The second kappa shape index (κ2) is 7.92. The topological polar surface area (TPSA) is 39.9 Å². The number of likely N-dealkylation sites (tertiary alicyclic amines) is 3. The van der Waals surface area contributed by atoms with Crippen LogP contribution in [0.5, 0.6) is 0 Å². The summed E-state index contributed by atoms with van der Waals surface area (Å²) in [7, 11) is 0. The fraction of sp³-hybridized carbons (Fsp3) is 0.750. The van der Waals surface area contributed by atoms with E-state index in [1.807, 2.05) is 6.07 Å². The average Bonchev–Trinajstić information content (AvgIpc) is 3.36. The maximum Gasteiger partial charge on any atom is 0.226 e. The van der Waals surface area contributed by atoms with Crippen molar-refractivity contribution < 1.29 is 9.21 Å². The third-order valence-electron chi connectivity index (χ3n) is 6.25. The van der Waals surface area contributed by atoms with Crippen molar-refractivity contribution >= 4 is 5.91 Å². The summed E-state index contributed by atoms with van der Waals surface area (Å²) in [5, 5.41) is 0. The van der Waals surface area contributed by atoms with Crippen LogP contribution in [0.2, 0.25) is 0 Å². The molecule has 0 aromatic carbocycles. The van der Waals surface area contributed by atoms with Gasteiger partial charge >= 0.3 is 0 Å². The smallest absolute Gasteiger partial charge is 0.226 e. The van der Waals surface area contributed by atoms with Gasteiger partial charge in [0, 0.05) is 38.8 Å². The van der Waals surface area contributed by atoms with Gasteiger partial charge in [0.05, 0.1) is 18.7 Å². The van der Waals surface area contributed by atoms with Crippen molar-refractivity contribution in [1.29, 1.82) is 0 Å². The van der Waals surface area contributed by atoms with E-state index in [4.69, 9.17) is 4.42 Å². The second-order valence-corrected chi connectivity index (χ2v) is 7.95. The van der Waals surface area contributed by atoms with Gasteiger partial charge in [-0.1, -0.05) is 0 Å². The Hall–Kier alpha value is -1.33. The second-order valence-electron chi connectivity index (χ2n) is 7.95. The normalized spacial score (nSPS) is 27.0. The minimum atomic E-state index is 0.244. The van der Waals surface area contributed by atoms with Gasteiger partial charge in [0.25, 0.3) is 0 Å². The Morgan fingerprint density at radius 3 is 2.56 bits per heavy atom. The molecule has 3 saturated heterocycles. The molecule has 1 amide bonds. The van der Waals surface area contributed by atoms with E-state index in [-0.39, 0.29) is 5.92 Å². The Morgan fingerprint density at radius 1 is 1.04 bits per heavy atom. The van der Waals surface area contributed by atoms with Crippen LogP contribution in [0.1, 0.15) is 44.3 Å². The molecule has 0 unspecified atom stereocenters. The molecule has 0 bridgehead atoms. The highest BCUT2D eigenvalue weighted by molar-refractivity contribution is 5.79. The number of carbonyl (C=O) groups is 1. The summed E-state index contributed by atoms with van der Waals surface area (Å²) < 4.78 is 5.47. The molecule has 5 heteroatoms. The van der Waals surface area contributed by atoms with Crippen LogP contribution in [-0.2, 0) is 11.3 Å². The highest BCUT2D eigenvalue weighted by Gasteiger charge is 2.34. The quantitative estimate of drug-likeness (QED) is 0.841. The predicted molar refractivity (Wildman–Crippen MR) is 97.1 cm³/mol. The summed E-state index contributed by atoms with van der Waals surface area (Å²) >= 11 is 0. The van der Waals surface area contributed by atoms with Gasteiger partial charge in [-0.3, -0.25) is 14.6 Å². The van der Waals surface area contributed by atoms with Crippen LogP contribution in [0, 0.1) is 5.92 Å². The summed E-state index contributed by atoms with van der Waals surface area (Å²) in [6.45, 7) is 7.32. The summed E-state index contributed by atoms with van der Waals surface area (Å²) in [4.78, 5) is 20.0. The first-order valence-electron chi connectivity index (χ1n) is 10.1. The van der Waals surface area contributed by atoms with Crippen LogP contribution in [0.4, 0.5) is 0 Å². The SMILES string of the molecule is O=C([C@@H]1CCCN(C2CCN(Cc3ccco3)CC2)C1)N1CCCC1. The van der Waals surface area contributed by atoms with Crippen LogP contribution in [-0.4, -0.2) is 65.9 Å². The van der Waals surface area contributed by atoms with Crippen LogP contribution >= 0.6 is 0 Å². The summed E-state index contributed by atoms with van der Waals surface area (Å²) in [6, 6.07) is 4.68. The molecule has 138 valence electrons. The molecular formula is C20H31N3O2. The van der Waals surface area contributed by atoms with Gasteiger partial charge in [-0.05, 0) is 57.2 Å². The molecule has 3 aliphatic heterocycles. The zero-order valence-corrected chi connectivity index (χ0v) is 15.2. The maximum absolute atomic E-state index is 12.7. The predicted octanol–water partition coefficient (Wildman–Crippen LogP) is 2.58. The number of furan rings is 1. The number of nitrogens with zero attached hydrogens (tertiary/aromatic N) is 3. The van der Waals surface area contributed by atoms with Crippen molar-refractivity contribution in [3.63, 3.8) is 0 Å². The molecule has 4 rings (SSSR count). The van der Waals surface area contributed by atoms with Crippen molar-refractivity contribution in [1.82, 2.24) is 14.7 Å². The van der Waals surface area contributed by atoms with E-state index in [1.54, 1.807) is 6.26 Å². The van der Waals surface area contributed by atoms with Crippen LogP contribution in [0.3, 0.4) is 0 Å². The molecular weight excluding hydrogens is 314 g/mol. The molecule has 0 saturated carbocycles. The lowest BCUT2D eigenvalue weighted by Crippen LogP contribution is -2.50. The van der Waals surface area contributed by atoms with E-state index >= 15 is 0 Å². The summed E-state index contributed by atoms with van der Waals surface area (Å²) in [6.07, 6.45) is 8.83. The molecule has 1 atom stereocenters. The number of carbonyl (C=O) groups excluding carboxylic acids is 1. The molecule has 0 aliphatic carbocycles. The van der Waals surface area contributed by atoms with Gasteiger partial charge in [0.1, 0.15) is 5.76 Å². The molecule has 3 aliphatic rings. The van der Waals surface area contributed by atoms with E-state index < -0.39 is 0 Å². The third-order valence-corrected chi connectivity index (χ3v) is 6.25. The van der Waals surface area contributed by atoms with E-state index in [0.29, 0.717) is 11.9 Å². The highest BCUT2D eigenvalue weighted by Crippen LogP contribution is 2.26. The Balaban J connectivity index is 1.26. The molecule has 0 spiro atoms. The highest BCUT2D eigenvalue weighted by atomic mass is 16.3. The molecule has 0 radical (unpaired) electrons. The largest absolute Gasteiger partial charge is 0.468 e. The van der Waals surface area contributed by atoms with Gasteiger partial charge < -0.3 is 9.32 Å². The number of hydrogen-bond donors (Lipinski definition) is 0. The van der Waals surface area contributed by atoms with Gasteiger partial charge in [0.15, 0.2) is 0 Å². The molecule has 3 fully saturated rings. The number of hydrogen-bond acceptors (Lipinski definition) is 4. The van der Waals surface area contributed by atoms with Gasteiger partial charge in [-0.15, -0.1) is 0 Å². The Kier molecular flexibility index (Phi) is 5.42. The monoisotopic (exact) mass is 345 g/mol. The molecule has 0 N–H and O–H groups in total. The van der Waals surface area contributed by atoms with Gasteiger partial charge in [-0.2, -0.15) is 0 Å². The molecule has 4 heterocycles. The fourth-order valence-electron chi connectivity index (χ4n) is 4.80. The zero-order valence-electron chi connectivity index (χ0n) is 15.2. The lowest BCUT2D eigenvalue weighted by molar-refractivity contribution is -0.136. The van der Waals surface area contributed by atoms with E-state index in [9.17, 15) is 4.79 Å². The number of amides is 1. The zero-order chi connectivity index (χ0) is 17.1. The first-order valence-corrected chi connectivity index (χ1v) is 10.1. The average molecular weight is 345 g/mol. The molecule has 5 nitrogen and oxygen atoms in total. The van der Waals surface area contributed by atoms with Gasteiger partial charge in [-0.25, -0.2) is 0 Å². The van der Waals surface area contributed by atoms with E-state index in [2.05, 4.69) is 20.8 Å². The van der Waals surface area contributed by atoms with Crippen molar-refractivity contribution in [2.75, 3.05) is 39.3 Å². The van der Waals surface area contributed by atoms with Crippen molar-refractivity contribution in [3.05, 3.63) is 24.2 Å². The van der Waals surface area contributed by atoms with Gasteiger partial charge in [0.2, 0.25) is 5.91 Å². The maximum atomic E-state index is 12.7. The van der Waals surface area contributed by atoms with Crippen LogP contribution in [0.15, 0.2) is 22.8 Å².